The van der Waals surface area contributed by atoms with E-state index >= 15 is 0 Å². The van der Waals surface area contributed by atoms with Crippen LogP contribution in [0.1, 0.15) is 30.8 Å². The minimum Gasteiger partial charge on any atom is -0.351 e. The van der Waals surface area contributed by atoms with Gasteiger partial charge < -0.3 is 5.32 Å². The summed E-state index contributed by atoms with van der Waals surface area (Å²) in [5, 5.41) is 8.48. The van der Waals surface area contributed by atoms with Crippen molar-refractivity contribution in [1.82, 2.24) is 15.1 Å². The highest BCUT2D eigenvalue weighted by Crippen LogP contribution is 2.27. The highest BCUT2D eigenvalue weighted by atomic mass is 35.5. The predicted octanol–water partition coefficient (Wildman–Crippen LogP) is 5.62. The Hall–Kier alpha value is -2.30. The molecule has 0 aliphatic heterocycles. The fourth-order valence-corrected chi connectivity index (χ4v) is 2.96. The van der Waals surface area contributed by atoms with Crippen molar-refractivity contribution in [2.75, 3.05) is 6.54 Å². The zero-order chi connectivity index (χ0) is 19.4. The highest BCUT2D eigenvalue weighted by Gasteiger charge is 2.18. The Bertz CT molecular complexity index is 936. The first-order valence-electron chi connectivity index (χ1n) is 8.85. The molecule has 0 aliphatic carbocycles. The van der Waals surface area contributed by atoms with Gasteiger partial charge in [-0.1, -0.05) is 67.4 Å². The maximum Gasteiger partial charge on any atom is 0.270 e. The quantitative estimate of drug-likeness (QED) is 0.582. The molecule has 1 N–H and O–H groups in total. The Morgan fingerprint density at radius 2 is 1.81 bits per heavy atom. The third kappa shape index (κ3) is 4.71. The summed E-state index contributed by atoms with van der Waals surface area (Å²) < 4.78 is 1.61. The van der Waals surface area contributed by atoms with Gasteiger partial charge in [0.2, 0.25) is 0 Å². The number of halogens is 2. The van der Waals surface area contributed by atoms with Crippen molar-refractivity contribution >= 4 is 29.1 Å². The molecule has 0 radical (unpaired) electrons. The van der Waals surface area contributed by atoms with Crippen molar-refractivity contribution in [2.45, 2.75) is 20.3 Å². The minimum absolute atomic E-state index is 0.170. The first kappa shape index (κ1) is 19.5. The van der Waals surface area contributed by atoms with E-state index in [9.17, 15) is 4.79 Å². The fourth-order valence-electron chi connectivity index (χ4n) is 2.67. The number of nitrogens with one attached hydrogen (secondary N) is 1. The molecule has 1 heterocycles. The number of aromatic nitrogens is 2. The van der Waals surface area contributed by atoms with Crippen LogP contribution < -0.4 is 5.32 Å². The van der Waals surface area contributed by atoms with Gasteiger partial charge in [0.1, 0.15) is 5.69 Å². The molecule has 4 nitrogen and oxygen atoms in total. The van der Waals surface area contributed by atoms with Crippen LogP contribution in [0.25, 0.3) is 16.9 Å². The Balaban J connectivity index is 2.00. The predicted molar refractivity (Wildman–Crippen MR) is 111 cm³/mol. The van der Waals surface area contributed by atoms with Crippen LogP contribution in [0.4, 0.5) is 0 Å². The largest absolute Gasteiger partial charge is 0.351 e. The third-order valence-electron chi connectivity index (χ3n) is 4.17. The van der Waals surface area contributed by atoms with Gasteiger partial charge in [-0.05, 0) is 36.6 Å². The molecule has 0 saturated heterocycles. The van der Waals surface area contributed by atoms with Gasteiger partial charge in [0.25, 0.3) is 5.91 Å². The summed E-state index contributed by atoms with van der Waals surface area (Å²) in [6, 6.07) is 16.7. The van der Waals surface area contributed by atoms with Crippen LogP contribution in [0.3, 0.4) is 0 Å². The van der Waals surface area contributed by atoms with Gasteiger partial charge in [0.15, 0.2) is 0 Å². The van der Waals surface area contributed by atoms with Gasteiger partial charge in [0.05, 0.1) is 21.4 Å². The highest BCUT2D eigenvalue weighted by molar-refractivity contribution is 6.42. The molecular weight excluding hydrogens is 381 g/mol. The maximum atomic E-state index is 12.8. The minimum atomic E-state index is -0.170. The molecule has 0 fully saturated rings. The number of carbonyl (C=O) groups excluding carboxylic acids is 1. The first-order chi connectivity index (χ1) is 13.0. The molecule has 0 bridgehead atoms. The lowest BCUT2D eigenvalue weighted by Crippen LogP contribution is -2.27. The van der Waals surface area contributed by atoms with Crippen LogP contribution >= 0.6 is 23.2 Å². The van der Waals surface area contributed by atoms with Crippen LogP contribution in [-0.2, 0) is 0 Å². The zero-order valence-electron chi connectivity index (χ0n) is 15.2. The molecule has 6 heteroatoms. The van der Waals surface area contributed by atoms with E-state index in [-0.39, 0.29) is 5.91 Å². The number of rotatable bonds is 6. The number of carbonyl (C=O) groups is 1. The summed E-state index contributed by atoms with van der Waals surface area (Å²) in [7, 11) is 0. The topological polar surface area (TPSA) is 46.9 Å². The van der Waals surface area contributed by atoms with E-state index in [1.165, 1.54) is 0 Å². The van der Waals surface area contributed by atoms with Crippen LogP contribution in [-0.4, -0.2) is 22.2 Å². The van der Waals surface area contributed by atoms with Gasteiger partial charge in [0, 0.05) is 12.1 Å². The second-order valence-corrected chi connectivity index (χ2v) is 7.54. The van der Waals surface area contributed by atoms with E-state index in [1.807, 2.05) is 30.3 Å². The average molecular weight is 402 g/mol. The second-order valence-electron chi connectivity index (χ2n) is 6.73. The summed E-state index contributed by atoms with van der Waals surface area (Å²) >= 11 is 12.2. The molecule has 0 atom stereocenters. The number of benzene rings is 2. The van der Waals surface area contributed by atoms with Gasteiger partial charge >= 0.3 is 0 Å². The van der Waals surface area contributed by atoms with Crippen LogP contribution in [0.15, 0.2) is 54.6 Å². The Kier molecular flexibility index (Phi) is 6.19. The number of hydrogen-bond donors (Lipinski definition) is 1. The van der Waals surface area contributed by atoms with Gasteiger partial charge in [-0.2, -0.15) is 5.10 Å². The number of nitrogens with zero attached hydrogens (tertiary/aromatic N) is 2. The standard InChI is InChI=1S/C21H21Cl2N3O/c1-14(2)10-11-24-21(27)20-13-19(15-6-4-3-5-7-15)25-26(20)16-8-9-17(22)18(23)12-16/h3-9,12-14H,10-11H2,1-2H3,(H,24,27). The molecular formula is C21H21Cl2N3O. The maximum absolute atomic E-state index is 12.8. The van der Waals surface area contributed by atoms with Crippen molar-refractivity contribution in [1.29, 1.82) is 0 Å². The van der Waals surface area contributed by atoms with Crippen molar-refractivity contribution in [3.63, 3.8) is 0 Å². The van der Waals surface area contributed by atoms with E-state index in [4.69, 9.17) is 23.2 Å². The lowest BCUT2D eigenvalue weighted by atomic mass is 10.1. The lowest BCUT2D eigenvalue weighted by molar-refractivity contribution is 0.0944. The second kappa shape index (κ2) is 8.59. The Morgan fingerprint density at radius 1 is 1.07 bits per heavy atom. The third-order valence-corrected chi connectivity index (χ3v) is 4.91. The molecule has 3 rings (SSSR count). The monoisotopic (exact) mass is 401 g/mol. The fraction of sp³-hybridized carbons (Fsp3) is 0.238. The number of hydrogen-bond acceptors (Lipinski definition) is 2. The Labute approximate surface area is 169 Å². The Morgan fingerprint density at radius 3 is 2.48 bits per heavy atom. The lowest BCUT2D eigenvalue weighted by Gasteiger charge is -2.10. The molecule has 0 aliphatic rings. The van der Waals surface area contributed by atoms with Gasteiger partial charge in [-0.25, -0.2) is 4.68 Å². The SMILES string of the molecule is CC(C)CCNC(=O)c1cc(-c2ccccc2)nn1-c1ccc(Cl)c(Cl)c1. The molecule has 2 aromatic carbocycles. The van der Waals surface area contributed by atoms with E-state index < -0.39 is 0 Å². The summed E-state index contributed by atoms with van der Waals surface area (Å²) in [6.07, 6.45) is 0.915. The molecule has 3 aromatic rings. The first-order valence-corrected chi connectivity index (χ1v) is 9.60. The normalized spacial score (nSPS) is 11.0. The summed E-state index contributed by atoms with van der Waals surface area (Å²) in [6.45, 7) is 4.86. The van der Waals surface area contributed by atoms with Crippen LogP contribution in [0, 0.1) is 5.92 Å². The van der Waals surface area contributed by atoms with E-state index in [2.05, 4.69) is 24.3 Å². The van der Waals surface area contributed by atoms with Crippen molar-refractivity contribution in [3.8, 4) is 16.9 Å². The van der Waals surface area contributed by atoms with E-state index in [0.29, 0.717) is 33.9 Å². The molecule has 0 spiro atoms. The van der Waals surface area contributed by atoms with Crippen LogP contribution in [0.2, 0.25) is 10.0 Å². The van der Waals surface area contributed by atoms with Crippen molar-refractivity contribution in [3.05, 3.63) is 70.3 Å². The molecule has 0 unspecified atom stereocenters. The van der Waals surface area contributed by atoms with Gasteiger partial charge in [-0.15, -0.1) is 0 Å². The molecule has 1 amide bonds. The summed E-state index contributed by atoms with van der Waals surface area (Å²) in [4.78, 5) is 12.8. The number of amides is 1. The van der Waals surface area contributed by atoms with Crippen LogP contribution in [0.5, 0.6) is 0 Å². The summed E-state index contributed by atoms with van der Waals surface area (Å²) in [5.41, 5.74) is 2.79. The molecule has 0 saturated carbocycles. The van der Waals surface area contributed by atoms with Gasteiger partial charge in [-0.3, -0.25) is 4.79 Å². The average Bonchev–Trinajstić information content (AvgIpc) is 3.10. The molecule has 27 heavy (non-hydrogen) atoms. The van der Waals surface area contributed by atoms with Crippen molar-refractivity contribution < 1.29 is 4.79 Å². The summed E-state index contributed by atoms with van der Waals surface area (Å²) in [5.74, 6) is 0.349. The smallest absolute Gasteiger partial charge is 0.270 e. The van der Waals surface area contributed by atoms with E-state index in [0.717, 1.165) is 17.7 Å². The molecule has 1 aromatic heterocycles. The van der Waals surface area contributed by atoms with E-state index in [1.54, 1.807) is 28.9 Å². The van der Waals surface area contributed by atoms with Crippen molar-refractivity contribution in [2.24, 2.45) is 5.92 Å². The zero-order valence-corrected chi connectivity index (χ0v) is 16.8. The molecule has 140 valence electrons.